The fourth-order valence-electron chi connectivity index (χ4n) is 7.96. The third-order valence-corrected chi connectivity index (χ3v) is 9.23. The van der Waals surface area contributed by atoms with Crippen molar-refractivity contribution in [1.82, 2.24) is 0 Å². The van der Waals surface area contributed by atoms with Crippen LogP contribution in [0.5, 0.6) is 0 Å². The maximum absolute atomic E-state index is 11.0. The average Bonchev–Trinajstić information content (AvgIpc) is 2.54. The molecule has 4 rings (SSSR count). The van der Waals surface area contributed by atoms with Crippen LogP contribution < -0.4 is 0 Å². The second kappa shape index (κ2) is 6.11. The maximum atomic E-state index is 11.0. The monoisotopic (exact) mass is 332 g/mol. The van der Waals surface area contributed by atoms with E-state index in [1.54, 1.807) is 0 Å². The highest BCUT2D eigenvalue weighted by Gasteiger charge is 2.57. The molecule has 0 heterocycles. The van der Waals surface area contributed by atoms with Crippen LogP contribution in [0.3, 0.4) is 0 Å². The Morgan fingerprint density at radius 3 is 2.62 bits per heavy atom. The van der Waals surface area contributed by atoms with E-state index < -0.39 is 0 Å². The summed E-state index contributed by atoms with van der Waals surface area (Å²) in [6.45, 7) is 5.12. The van der Waals surface area contributed by atoms with Crippen LogP contribution in [0.25, 0.3) is 0 Å². The Bertz CT molecular complexity index is 488. The molecule has 0 aliphatic heterocycles. The molecule has 1 N–H and O–H groups in total. The summed E-state index contributed by atoms with van der Waals surface area (Å²) in [7, 11) is 0. The lowest BCUT2D eigenvalue weighted by molar-refractivity contribution is -0.142. The molecule has 0 bridgehead atoms. The Labute approximate surface area is 147 Å². The van der Waals surface area contributed by atoms with Gasteiger partial charge in [-0.2, -0.15) is 0 Å². The highest BCUT2D eigenvalue weighted by atomic mass is 16.3. The van der Waals surface area contributed by atoms with Crippen molar-refractivity contribution in [2.75, 3.05) is 0 Å². The van der Waals surface area contributed by atoms with E-state index in [9.17, 15) is 9.90 Å². The summed E-state index contributed by atoms with van der Waals surface area (Å²) in [5.41, 5.74) is 0.980. The molecule has 136 valence electrons. The lowest BCUT2D eigenvalue weighted by Crippen LogP contribution is -2.55. The Kier molecular flexibility index (Phi) is 4.34. The smallest absolute Gasteiger partial charge is 0.120 e. The minimum absolute atomic E-state index is 0.0349. The number of rotatable bonds is 2. The van der Waals surface area contributed by atoms with Crippen LogP contribution >= 0.6 is 0 Å². The summed E-state index contributed by atoms with van der Waals surface area (Å²) in [4.78, 5) is 11.0. The molecule has 0 radical (unpaired) electrons. The summed E-state index contributed by atoms with van der Waals surface area (Å²) >= 11 is 0. The van der Waals surface area contributed by atoms with E-state index in [4.69, 9.17) is 0 Å². The van der Waals surface area contributed by atoms with Crippen molar-refractivity contribution in [3.05, 3.63) is 0 Å². The molecule has 4 saturated carbocycles. The van der Waals surface area contributed by atoms with Crippen LogP contribution in [0, 0.1) is 40.4 Å². The summed E-state index contributed by atoms with van der Waals surface area (Å²) in [6, 6.07) is 0. The maximum Gasteiger partial charge on any atom is 0.120 e. The number of hydrogen-bond donors (Lipinski definition) is 1. The molecule has 4 aliphatic rings. The predicted octanol–water partition coefficient (Wildman–Crippen LogP) is 4.99. The molecule has 0 spiro atoms. The zero-order valence-electron chi connectivity index (χ0n) is 15.7. The zero-order chi connectivity index (χ0) is 16.9. The van der Waals surface area contributed by atoms with Crippen LogP contribution in [0.1, 0.15) is 84.5 Å². The van der Waals surface area contributed by atoms with Gasteiger partial charge in [0.05, 0.1) is 6.10 Å². The number of carbonyl (C=O) groups excluding carboxylic acids is 1. The van der Waals surface area contributed by atoms with E-state index in [-0.39, 0.29) is 6.10 Å². The van der Waals surface area contributed by atoms with Crippen molar-refractivity contribution < 1.29 is 9.90 Å². The van der Waals surface area contributed by atoms with Crippen LogP contribution in [-0.4, -0.2) is 17.5 Å². The van der Waals surface area contributed by atoms with Crippen LogP contribution in [-0.2, 0) is 4.79 Å². The molecule has 8 atom stereocenters. The highest BCUT2D eigenvalue weighted by molar-refractivity contribution is 5.49. The van der Waals surface area contributed by atoms with Gasteiger partial charge in [-0.15, -0.1) is 0 Å². The Morgan fingerprint density at radius 1 is 1.00 bits per heavy atom. The first-order chi connectivity index (χ1) is 11.5. The van der Waals surface area contributed by atoms with E-state index >= 15 is 0 Å². The number of carbonyl (C=O) groups is 1. The lowest BCUT2D eigenvalue weighted by Gasteiger charge is -2.63. The largest absolute Gasteiger partial charge is 0.393 e. The summed E-state index contributed by atoms with van der Waals surface area (Å²) in [5.74, 6) is 4.11. The third kappa shape index (κ3) is 2.59. The van der Waals surface area contributed by atoms with Crippen molar-refractivity contribution in [2.45, 2.75) is 90.6 Å². The van der Waals surface area contributed by atoms with Crippen molar-refractivity contribution in [1.29, 1.82) is 0 Å². The molecular weight excluding hydrogens is 296 g/mol. The van der Waals surface area contributed by atoms with Gasteiger partial charge in [0.1, 0.15) is 6.29 Å². The Balaban J connectivity index is 1.55. The van der Waals surface area contributed by atoms with Crippen molar-refractivity contribution in [2.24, 2.45) is 40.4 Å². The molecule has 0 aromatic rings. The average molecular weight is 333 g/mol. The van der Waals surface area contributed by atoms with Gasteiger partial charge in [-0.3, -0.25) is 0 Å². The van der Waals surface area contributed by atoms with Crippen LogP contribution in [0.15, 0.2) is 0 Å². The topological polar surface area (TPSA) is 37.3 Å². The molecule has 0 aromatic heterocycles. The third-order valence-electron chi connectivity index (χ3n) is 9.23. The lowest BCUT2D eigenvalue weighted by atomic mass is 9.42. The first-order valence-electron chi connectivity index (χ1n) is 10.6. The van der Waals surface area contributed by atoms with E-state index in [1.807, 2.05) is 0 Å². The van der Waals surface area contributed by atoms with Crippen molar-refractivity contribution >= 4 is 6.29 Å². The molecule has 0 aromatic carbocycles. The summed E-state index contributed by atoms with van der Waals surface area (Å²) < 4.78 is 0. The standard InChI is InChI=1S/C22H36O2/c1-21-10-8-20-18(19(21)6-3-15(14-21)9-12-23)5-4-16-13-17(24)7-11-22(16,20)2/h12,15-20,24H,3-11,13-14H2,1-2H3/t15-,16-,17+,18-,19-,20-,21+,22-/m0/s1. The molecule has 24 heavy (non-hydrogen) atoms. The number of fused-ring (bicyclic) bond motifs is 5. The van der Waals surface area contributed by atoms with Gasteiger partial charge in [0.15, 0.2) is 0 Å². The molecular formula is C22H36O2. The van der Waals surface area contributed by atoms with Crippen molar-refractivity contribution in [3.8, 4) is 0 Å². The van der Waals surface area contributed by atoms with Crippen LogP contribution in [0.2, 0.25) is 0 Å². The quantitative estimate of drug-likeness (QED) is 0.724. The molecule has 0 amide bonds. The molecule has 0 unspecified atom stereocenters. The number of aliphatic hydroxyl groups excluding tert-OH is 1. The first kappa shape index (κ1) is 17.1. The SMILES string of the molecule is C[C@]12CC[C@H]3[C@@H](CC[C@H]4C[C@H](O)CC[C@@]43C)[C@@H]1CC[C@@H](CC=O)C2. The van der Waals surface area contributed by atoms with E-state index in [0.717, 1.165) is 49.2 Å². The Hall–Kier alpha value is -0.370. The molecule has 2 nitrogen and oxygen atoms in total. The first-order valence-corrected chi connectivity index (χ1v) is 10.6. The predicted molar refractivity (Wildman–Crippen MR) is 96.5 cm³/mol. The van der Waals surface area contributed by atoms with Gasteiger partial charge in [-0.1, -0.05) is 13.8 Å². The fraction of sp³-hybridized carbons (Fsp3) is 0.955. The van der Waals surface area contributed by atoms with Crippen LogP contribution in [0.4, 0.5) is 0 Å². The molecule has 2 heteroatoms. The molecule has 0 saturated heterocycles. The van der Waals surface area contributed by atoms with Gasteiger partial charge in [0.2, 0.25) is 0 Å². The van der Waals surface area contributed by atoms with Gasteiger partial charge >= 0.3 is 0 Å². The summed E-state index contributed by atoms with van der Waals surface area (Å²) in [5, 5.41) is 10.1. The number of hydrogen-bond acceptors (Lipinski definition) is 2. The van der Waals surface area contributed by atoms with E-state index in [1.165, 1.54) is 51.4 Å². The van der Waals surface area contributed by atoms with Gasteiger partial charge in [0.25, 0.3) is 0 Å². The van der Waals surface area contributed by atoms with Gasteiger partial charge in [0, 0.05) is 6.42 Å². The van der Waals surface area contributed by atoms with E-state index in [2.05, 4.69) is 13.8 Å². The minimum atomic E-state index is -0.0349. The second-order valence-electron chi connectivity index (χ2n) is 10.3. The summed E-state index contributed by atoms with van der Waals surface area (Å²) in [6.07, 6.45) is 14.7. The van der Waals surface area contributed by atoms with Gasteiger partial charge in [-0.25, -0.2) is 0 Å². The molecule has 4 aliphatic carbocycles. The van der Waals surface area contributed by atoms with Gasteiger partial charge < -0.3 is 9.90 Å². The minimum Gasteiger partial charge on any atom is -0.393 e. The molecule has 4 fully saturated rings. The second-order valence-corrected chi connectivity index (χ2v) is 10.3. The zero-order valence-corrected chi connectivity index (χ0v) is 15.7. The van der Waals surface area contributed by atoms with Crippen molar-refractivity contribution in [3.63, 3.8) is 0 Å². The fourth-order valence-corrected chi connectivity index (χ4v) is 7.96. The number of aliphatic hydroxyl groups is 1. The van der Waals surface area contributed by atoms with Gasteiger partial charge in [-0.05, 0) is 105 Å². The highest BCUT2D eigenvalue weighted by Crippen LogP contribution is 2.65. The van der Waals surface area contributed by atoms with E-state index in [0.29, 0.717) is 16.7 Å². The number of aldehydes is 1. The normalized spacial score (nSPS) is 54.3. The Morgan fingerprint density at radius 2 is 1.83 bits per heavy atom.